The van der Waals surface area contributed by atoms with Crippen LogP contribution in [0.2, 0.25) is 0 Å². The molecule has 1 aliphatic heterocycles. The zero-order chi connectivity index (χ0) is 22.7. The summed E-state index contributed by atoms with van der Waals surface area (Å²) >= 11 is 0. The number of fused-ring (bicyclic) bond motifs is 1. The first-order valence-corrected chi connectivity index (χ1v) is 10.2. The summed E-state index contributed by atoms with van der Waals surface area (Å²) in [6.07, 6.45) is 1.56. The van der Waals surface area contributed by atoms with Gasteiger partial charge in [0.2, 0.25) is 0 Å². The van der Waals surface area contributed by atoms with Crippen LogP contribution in [0.15, 0.2) is 47.4 Å². The van der Waals surface area contributed by atoms with Gasteiger partial charge in [-0.15, -0.1) is 0 Å². The Morgan fingerprint density at radius 1 is 1.03 bits per heavy atom. The second-order valence-electron chi connectivity index (χ2n) is 7.35. The van der Waals surface area contributed by atoms with Crippen LogP contribution in [0.4, 0.5) is 4.39 Å². The molecule has 0 aliphatic carbocycles. The molecular formula is C22H22FN5O4. The summed E-state index contributed by atoms with van der Waals surface area (Å²) < 4.78 is 19.6. The molecule has 4 rings (SSSR count). The molecule has 0 saturated carbocycles. The maximum absolute atomic E-state index is 13.1. The lowest BCUT2D eigenvalue weighted by molar-refractivity contribution is 0.0531. The molecule has 32 heavy (non-hydrogen) atoms. The second-order valence-corrected chi connectivity index (χ2v) is 7.35. The van der Waals surface area contributed by atoms with E-state index in [-0.39, 0.29) is 37.8 Å². The third-order valence-electron chi connectivity index (χ3n) is 5.37. The lowest BCUT2D eigenvalue weighted by Crippen LogP contribution is -2.51. The van der Waals surface area contributed by atoms with Crippen LogP contribution in [-0.4, -0.2) is 76.0 Å². The predicted molar refractivity (Wildman–Crippen MR) is 114 cm³/mol. The van der Waals surface area contributed by atoms with Crippen molar-refractivity contribution in [3.63, 3.8) is 0 Å². The van der Waals surface area contributed by atoms with E-state index in [9.17, 15) is 18.8 Å². The van der Waals surface area contributed by atoms with E-state index in [1.807, 2.05) is 0 Å². The average Bonchev–Trinajstić information content (AvgIpc) is 2.83. The van der Waals surface area contributed by atoms with Gasteiger partial charge in [-0.2, -0.15) is 0 Å². The number of hydrogen-bond donors (Lipinski definition) is 0. The number of hydrogen-bond acceptors (Lipinski definition) is 6. The van der Waals surface area contributed by atoms with Crippen LogP contribution < -0.4 is 5.56 Å². The fraction of sp³-hybridized carbons (Fsp3) is 0.318. The maximum Gasteiger partial charge on any atom is 0.283 e. The minimum Gasteiger partial charge on any atom is -0.383 e. The van der Waals surface area contributed by atoms with Crippen LogP contribution in [0.3, 0.4) is 0 Å². The molecule has 0 unspecified atom stereocenters. The SMILES string of the molecule is COCCn1c(=O)c(C(=O)N2CCN(C(=O)c3ccc(F)cc3)CC2)nc2cccnc21. The van der Waals surface area contributed by atoms with Gasteiger partial charge in [0.1, 0.15) is 11.3 Å². The first-order chi connectivity index (χ1) is 15.5. The monoisotopic (exact) mass is 439 g/mol. The van der Waals surface area contributed by atoms with Crippen molar-refractivity contribution in [2.75, 3.05) is 39.9 Å². The van der Waals surface area contributed by atoms with Crippen molar-refractivity contribution in [1.29, 1.82) is 0 Å². The number of ether oxygens (including phenoxy) is 1. The molecule has 2 aromatic heterocycles. The number of benzene rings is 1. The smallest absolute Gasteiger partial charge is 0.283 e. The van der Waals surface area contributed by atoms with Gasteiger partial charge in [0.25, 0.3) is 17.4 Å². The van der Waals surface area contributed by atoms with E-state index in [2.05, 4.69) is 9.97 Å². The van der Waals surface area contributed by atoms with E-state index in [1.165, 1.54) is 40.8 Å². The molecule has 1 fully saturated rings. The number of nitrogens with zero attached hydrogens (tertiary/aromatic N) is 5. The van der Waals surface area contributed by atoms with Gasteiger partial charge >= 0.3 is 0 Å². The molecule has 3 heterocycles. The normalized spacial score (nSPS) is 14.1. The molecule has 1 saturated heterocycles. The molecule has 166 valence electrons. The maximum atomic E-state index is 13.1. The summed E-state index contributed by atoms with van der Waals surface area (Å²) in [6.45, 7) is 1.65. The average molecular weight is 439 g/mol. The molecule has 1 aliphatic rings. The van der Waals surface area contributed by atoms with E-state index >= 15 is 0 Å². The number of aromatic nitrogens is 3. The first-order valence-electron chi connectivity index (χ1n) is 10.2. The number of pyridine rings is 1. The van der Waals surface area contributed by atoms with E-state index in [4.69, 9.17) is 4.74 Å². The second kappa shape index (κ2) is 9.23. The highest BCUT2D eigenvalue weighted by Gasteiger charge is 2.28. The minimum absolute atomic E-state index is 0.181. The molecule has 2 amide bonds. The fourth-order valence-electron chi connectivity index (χ4n) is 3.64. The van der Waals surface area contributed by atoms with Crippen molar-refractivity contribution >= 4 is 23.0 Å². The zero-order valence-electron chi connectivity index (χ0n) is 17.5. The lowest BCUT2D eigenvalue weighted by Gasteiger charge is -2.34. The molecule has 9 nitrogen and oxygen atoms in total. The van der Waals surface area contributed by atoms with Gasteiger partial charge in [0, 0.05) is 45.0 Å². The molecule has 0 spiro atoms. The van der Waals surface area contributed by atoms with E-state index in [0.717, 1.165) is 0 Å². The summed E-state index contributed by atoms with van der Waals surface area (Å²) in [5, 5.41) is 0. The van der Waals surface area contributed by atoms with Crippen LogP contribution in [0.5, 0.6) is 0 Å². The number of carbonyl (C=O) groups excluding carboxylic acids is 2. The Morgan fingerprint density at radius 3 is 2.34 bits per heavy atom. The number of halogens is 1. The number of carbonyl (C=O) groups is 2. The van der Waals surface area contributed by atoms with Crippen LogP contribution in [-0.2, 0) is 11.3 Å². The van der Waals surface area contributed by atoms with Crippen LogP contribution in [0.25, 0.3) is 11.2 Å². The number of rotatable bonds is 5. The molecule has 0 atom stereocenters. The van der Waals surface area contributed by atoms with Crippen molar-refractivity contribution in [2.24, 2.45) is 0 Å². The van der Waals surface area contributed by atoms with Gasteiger partial charge in [-0.3, -0.25) is 19.0 Å². The number of methoxy groups -OCH3 is 1. The molecule has 0 N–H and O–H groups in total. The fourth-order valence-corrected chi connectivity index (χ4v) is 3.64. The molecule has 10 heteroatoms. The Kier molecular flexibility index (Phi) is 6.22. The Morgan fingerprint density at radius 2 is 1.69 bits per heavy atom. The summed E-state index contributed by atoms with van der Waals surface area (Å²) in [6, 6.07) is 8.73. The quantitative estimate of drug-likeness (QED) is 0.592. The summed E-state index contributed by atoms with van der Waals surface area (Å²) in [7, 11) is 1.53. The molecule has 0 radical (unpaired) electrons. The van der Waals surface area contributed by atoms with Gasteiger partial charge in [0.05, 0.1) is 13.2 Å². The summed E-state index contributed by atoms with van der Waals surface area (Å²) in [5.74, 6) is -1.12. The summed E-state index contributed by atoms with van der Waals surface area (Å²) in [4.78, 5) is 50.4. The summed E-state index contributed by atoms with van der Waals surface area (Å²) in [5.41, 5.74) is 0.511. The van der Waals surface area contributed by atoms with Crippen LogP contribution in [0.1, 0.15) is 20.8 Å². The molecule has 0 bridgehead atoms. The van der Waals surface area contributed by atoms with Crippen molar-refractivity contribution in [3.8, 4) is 0 Å². The predicted octanol–water partition coefficient (Wildman–Crippen LogP) is 1.18. The lowest BCUT2D eigenvalue weighted by atomic mass is 10.1. The standard InChI is InChI=1S/C22H22FN5O4/c1-32-14-13-28-19-17(3-2-8-24-19)25-18(22(28)31)21(30)27-11-9-26(10-12-27)20(29)15-4-6-16(23)7-5-15/h2-8H,9-14H2,1H3. The Balaban J connectivity index is 1.53. The molecular weight excluding hydrogens is 417 g/mol. The highest BCUT2D eigenvalue weighted by atomic mass is 19.1. The van der Waals surface area contributed by atoms with Crippen molar-refractivity contribution in [1.82, 2.24) is 24.3 Å². The minimum atomic E-state index is -0.525. The van der Waals surface area contributed by atoms with Crippen molar-refractivity contribution in [3.05, 3.63) is 70.0 Å². The van der Waals surface area contributed by atoms with Gasteiger partial charge < -0.3 is 14.5 Å². The third kappa shape index (κ3) is 4.22. The van der Waals surface area contributed by atoms with Gasteiger partial charge in [-0.1, -0.05) is 0 Å². The van der Waals surface area contributed by atoms with Gasteiger partial charge in [-0.25, -0.2) is 14.4 Å². The number of piperazine rings is 1. The third-order valence-corrected chi connectivity index (χ3v) is 5.37. The van der Waals surface area contributed by atoms with Crippen LogP contribution in [0, 0.1) is 5.82 Å². The Labute approximate surface area is 183 Å². The van der Waals surface area contributed by atoms with Gasteiger partial charge in [0.15, 0.2) is 11.3 Å². The van der Waals surface area contributed by atoms with E-state index in [1.54, 1.807) is 23.2 Å². The molecule has 3 aromatic rings. The topological polar surface area (TPSA) is 97.6 Å². The van der Waals surface area contributed by atoms with Crippen molar-refractivity contribution < 1.29 is 18.7 Å². The highest BCUT2D eigenvalue weighted by Crippen LogP contribution is 2.13. The largest absolute Gasteiger partial charge is 0.383 e. The Hall–Kier alpha value is -3.66. The van der Waals surface area contributed by atoms with Crippen molar-refractivity contribution in [2.45, 2.75) is 6.54 Å². The molecule has 1 aromatic carbocycles. The first kappa shape index (κ1) is 21.6. The van der Waals surface area contributed by atoms with Crippen LogP contribution >= 0.6 is 0 Å². The van der Waals surface area contributed by atoms with Gasteiger partial charge in [-0.05, 0) is 36.4 Å². The highest BCUT2D eigenvalue weighted by molar-refractivity contribution is 5.95. The zero-order valence-corrected chi connectivity index (χ0v) is 17.5. The van der Waals surface area contributed by atoms with E-state index < -0.39 is 17.3 Å². The number of amides is 2. The Bertz CT molecular complexity index is 1200. The van der Waals surface area contributed by atoms with E-state index in [0.29, 0.717) is 29.8 Å².